The number of allylic oxidation sites excluding steroid dienone is 2. The van der Waals surface area contributed by atoms with E-state index < -0.39 is 0 Å². The topological polar surface area (TPSA) is 33.2 Å². The number of amides is 1. The summed E-state index contributed by atoms with van der Waals surface area (Å²) in [6, 6.07) is 12.6. The minimum absolute atomic E-state index is 0.107. The number of carbonyl (C=O) groups is 1. The van der Waals surface area contributed by atoms with Gasteiger partial charge in [-0.3, -0.25) is 9.78 Å². The largest absolute Gasteiger partial charge is 0.338 e. The Labute approximate surface area is 162 Å². The minimum atomic E-state index is 0.107. The molecule has 2 aromatic rings. The Kier molecular flexibility index (Phi) is 5.66. The fourth-order valence-electron chi connectivity index (χ4n) is 4.45. The number of pyridine rings is 1. The number of hydrogen-bond acceptors (Lipinski definition) is 2. The van der Waals surface area contributed by atoms with Crippen molar-refractivity contribution >= 4 is 5.91 Å². The number of aryl methyl sites for hydroxylation is 1. The van der Waals surface area contributed by atoms with E-state index in [4.69, 9.17) is 0 Å². The number of rotatable bonds is 5. The smallest absolute Gasteiger partial charge is 0.226 e. The molecule has 2 aliphatic carbocycles. The van der Waals surface area contributed by atoms with Crippen LogP contribution in [-0.4, -0.2) is 22.3 Å². The summed E-state index contributed by atoms with van der Waals surface area (Å²) in [6.07, 6.45) is 14.5. The summed E-state index contributed by atoms with van der Waals surface area (Å²) in [5.74, 6) is 1.00. The first-order chi connectivity index (χ1) is 13.3. The third-order valence-corrected chi connectivity index (χ3v) is 5.96. The zero-order valence-corrected chi connectivity index (χ0v) is 15.9. The van der Waals surface area contributed by atoms with Gasteiger partial charge in [-0.2, -0.15) is 0 Å². The van der Waals surface area contributed by atoms with Gasteiger partial charge in [0.05, 0.1) is 0 Å². The van der Waals surface area contributed by atoms with E-state index >= 15 is 0 Å². The van der Waals surface area contributed by atoms with E-state index in [0.717, 1.165) is 44.2 Å². The first-order valence-electron chi connectivity index (χ1n) is 10.2. The summed E-state index contributed by atoms with van der Waals surface area (Å²) in [7, 11) is 0. The van der Waals surface area contributed by atoms with Gasteiger partial charge in [0.2, 0.25) is 5.91 Å². The first kappa shape index (κ1) is 18.0. The summed E-state index contributed by atoms with van der Waals surface area (Å²) in [5, 5.41) is 0. The fraction of sp³-hybridized carbons (Fsp3) is 0.417. The van der Waals surface area contributed by atoms with Crippen LogP contribution in [0.3, 0.4) is 0 Å². The predicted molar refractivity (Wildman–Crippen MR) is 108 cm³/mol. The van der Waals surface area contributed by atoms with Crippen LogP contribution >= 0.6 is 0 Å². The Morgan fingerprint density at radius 1 is 1.07 bits per heavy atom. The molecule has 1 aromatic heterocycles. The molecule has 0 spiro atoms. The van der Waals surface area contributed by atoms with Crippen molar-refractivity contribution in [3.05, 3.63) is 77.6 Å². The number of benzene rings is 1. The Balaban J connectivity index is 1.50. The lowest BCUT2D eigenvalue weighted by atomic mass is 9.83. The van der Waals surface area contributed by atoms with E-state index in [9.17, 15) is 4.79 Å². The standard InChI is InChI=1S/C24H28N2O/c27-24(23-13-12-21-10-4-5-11-22(21)15-23)26(17-19-7-2-1-3-8-19)18-20-9-6-14-25-16-20/h1-2,4-6,9-11,14,16,19,23H,3,7-8,12-13,15,17-18H2/t19-,23+/m0/s1. The summed E-state index contributed by atoms with van der Waals surface area (Å²) in [6.45, 7) is 1.53. The minimum Gasteiger partial charge on any atom is -0.338 e. The van der Waals surface area contributed by atoms with Crippen molar-refractivity contribution in [2.24, 2.45) is 11.8 Å². The van der Waals surface area contributed by atoms with Gasteiger partial charge in [-0.15, -0.1) is 0 Å². The number of hydrogen-bond donors (Lipinski definition) is 0. The normalized spacial score (nSPS) is 21.5. The van der Waals surface area contributed by atoms with E-state index in [1.165, 1.54) is 17.5 Å². The zero-order chi connectivity index (χ0) is 18.5. The number of fused-ring (bicyclic) bond motifs is 1. The molecular weight excluding hydrogens is 332 g/mol. The second kappa shape index (κ2) is 8.51. The highest BCUT2D eigenvalue weighted by atomic mass is 16.2. The summed E-state index contributed by atoms with van der Waals surface area (Å²) in [4.78, 5) is 19.8. The fourth-order valence-corrected chi connectivity index (χ4v) is 4.45. The number of aromatic nitrogens is 1. The van der Waals surface area contributed by atoms with Gasteiger partial charge in [-0.05, 0) is 67.2 Å². The Bertz CT molecular complexity index is 799. The van der Waals surface area contributed by atoms with E-state index in [1.54, 1.807) is 6.20 Å². The molecule has 27 heavy (non-hydrogen) atoms. The lowest BCUT2D eigenvalue weighted by molar-refractivity contribution is -0.137. The van der Waals surface area contributed by atoms with Crippen LogP contribution in [0.4, 0.5) is 0 Å². The third kappa shape index (κ3) is 4.47. The molecular formula is C24H28N2O. The van der Waals surface area contributed by atoms with Gasteiger partial charge in [0.15, 0.2) is 0 Å². The van der Waals surface area contributed by atoms with Crippen molar-refractivity contribution in [3.8, 4) is 0 Å². The van der Waals surface area contributed by atoms with Gasteiger partial charge >= 0.3 is 0 Å². The van der Waals surface area contributed by atoms with Crippen LogP contribution < -0.4 is 0 Å². The molecule has 0 fully saturated rings. The SMILES string of the molecule is O=C([C@@H]1CCc2ccccc2C1)N(Cc1cccnc1)C[C@H]1CC=CCC1. The summed E-state index contributed by atoms with van der Waals surface area (Å²) in [5.41, 5.74) is 3.88. The second-order valence-corrected chi connectivity index (χ2v) is 7.94. The van der Waals surface area contributed by atoms with Crippen molar-refractivity contribution in [3.63, 3.8) is 0 Å². The molecule has 0 unspecified atom stereocenters. The molecule has 2 atom stereocenters. The van der Waals surface area contributed by atoms with Crippen molar-refractivity contribution in [2.45, 2.75) is 45.1 Å². The average Bonchev–Trinajstić information content (AvgIpc) is 2.74. The van der Waals surface area contributed by atoms with E-state index in [-0.39, 0.29) is 5.92 Å². The Morgan fingerprint density at radius 3 is 2.74 bits per heavy atom. The van der Waals surface area contributed by atoms with Crippen LogP contribution in [0.1, 0.15) is 42.4 Å². The molecule has 2 aliphatic rings. The van der Waals surface area contributed by atoms with Crippen LogP contribution in [0, 0.1) is 11.8 Å². The van der Waals surface area contributed by atoms with Gasteiger partial charge in [0, 0.05) is 31.4 Å². The van der Waals surface area contributed by atoms with E-state index in [2.05, 4.69) is 52.4 Å². The first-order valence-corrected chi connectivity index (χ1v) is 10.2. The molecule has 1 amide bonds. The van der Waals surface area contributed by atoms with Crippen LogP contribution in [-0.2, 0) is 24.2 Å². The lowest BCUT2D eigenvalue weighted by Gasteiger charge is -2.33. The Morgan fingerprint density at radius 2 is 1.96 bits per heavy atom. The predicted octanol–water partition coefficient (Wildman–Crippen LogP) is 4.57. The third-order valence-electron chi connectivity index (χ3n) is 5.96. The van der Waals surface area contributed by atoms with Gasteiger partial charge < -0.3 is 4.90 Å². The highest BCUT2D eigenvalue weighted by Crippen LogP contribution is 2.28. The molecule has 0 saturated carbocycles. The Hall–Kier alpha value is -2.42. The number of nitrogens with zero attached hydrogens (tertiary/aromatic N) is 2. The molecule has 4 rings (SSSR count). The van der Waals surface area contributed by atoms with Crippen LogP contribution in [0.25, 0.3) is 0 Å². The van der Waals surface area contributed by atoms with Crippen molar-refractivity contribution in [1.29, 1.82) is 0 Å². The maximum Gasteiger partial charge on any atom is 0.226 e. The van der Waals surface area contributed by atoms with Crippen LogP contribution in [0.2, 0.25) is 0 Å². The van der Waals surface area contributed by atoms with Gasteiger partial charge in [-0.25, -0.2) is 0 Å². The lowest BCUT2D eigenvalue weighted by Crippen LogP contribution is -2.41. The molecule has 140 valence electrons. The molecule has 3 nitrogen and oxygen atoms in total. The monoisotopic (exact) mass is 360 g/mol. The van der Waals surface area contributed by atoms with Gasteiger partial charge in [0.25, 0.3) is 0 Å². The molecule has 0 radical (unpaired) electrons. The maximum atomic E-state index is 13.5. The van der Waals surface area contributed by atoms with E-state index in [1.807, 2.05) is 12.3 Å². The van der Waals surface area contributed by atoms with Crippen molar-refractivity contribution < 1.29 is 4.79 Å². The highest BCUT2D eigenvalue weighted by molar-refractivity contribution is 5.79. The molecule has 1 heterocycles. The summed E-state index contributed by atoms with van der Waals surface area (Å²) >= 11 is 0. The highest BCUT2D eigenvalue weighted by Gasteiger charge is 2.29. The van der Waals surface area contributed by atoms with E-state index in [0.29, 0.717) is 18.4 Å². The zero-order valence-electron chi connectivity index (χ0n) is 15.9. The molecule has 1 aromatic carbocycles. The molecule has 0 aliphatic heterocycles. The van der Waals surface area contributed by atoms with Gasteiger partial charge in [-0.1, -0.05) is 42.5 Å². The molecule has 0 bridgehead atoms. The quantitative estimate of drug-likeness (QED) is 0.732. The van der Waals surface area contributed by atoms with Gasteiger partial charge in [0.1, 0.15) is 0 Å². The molecule has 3 heteroatoms. The van der Waals surface area contributed by atoms with Crippen molar-refractivity contribution in [1.82, 2.24) is 9.88 Å². The average molecular weight is 361 g/mol. The summed E-state index contributed by atoms with van der Waals surface area (Å²) < 4.78 is 0. The number of carbonyl (C=O) groups excluding carboxylic acids is 1. The second-order valence-electron chi connectivity index (χ2n) is 7.94. The van der Waals surface area contributed by atoms with Crippen molar-refractivity contribution in [2.75, 3.05) is 6.54 Å². The van der Waals surface area contributed by atoms with Crippen LogP contribution in [0.15, 0.2) is 60.9 Å². The maximum absolute atomic E-state index is 13.5. The molecule has 0 N–H and O–H groups in total. The van der Waals surface area contributed by atoms with Crippen LogP contribution in [0.5, 0.6) is 0 Å². The molecule has 0 saturated heterocycles.